The van der Waals surface area contributed by atoms with Gasteiger partial charge in [-0.25, -0.2) is 32.2 Å². The number of carbonyl (C=O) groups is 3. The number of likely N-dealkylation sites (tertiary alicyclic amines) is 1. The SMILES string of the molecule is N#Cc1c(NS(=O)(=O)C2CCC2)ccc(F)c1Oc1ccc2ncn(-c3cnc(N4CCN(C(=O)CN5CCC(c6ccc(N[C@@H]7CCC(=O)NC7=O)cc6F)CC5)CC4)nc3)c(=O)c2c1. The summed E-state index contributed by atoms with van der Waals surface area (Å²) < 4.78 is 65.3. The summed E-state index contributed by atoms with van der Waals surface area (Å²) in [6.45, 7) is 3.44. The van der Waals surface area contributed by atoms with E-state index in [1.165, 1.54) is 53.6 Å². The van der Waals surface area contributed by atoms with Crippen molar-refractivity contribution >= 4 is 56.0 Å². The molecule has 0 spiro atoms. The van der Waals surface area contributed by atoms with Crippen molar-refractivity contribution in [1.29, 1.82) is 5.26 Å². The molecule has 5 aromatic rings. The molecule has 3 saturated heterocycles. The summed E-state index contributed by atoms with van der Waals surface area (Å²) in [5.74, 6) is -2.04. The van der Waals surface area contributed by atoms with E-state index in [9.17, 15) is 32.9 Å². The number of imide groups is 1. The van der Waals surface area contributed by atoms with Crippen LogP contribution in [0.3, 0.4) is 0 Å². The molecule has 4 fully saturated rings. The van der Waals surface area contributed by atoms with Crippen molar-refractivity contribution < 1.29 is 36.3 Å². The Morgan fingerprint density at radius 1 is 0.894 bits per heavy atom. The molecule has 1 atom stereocenters. The lowest BCUT2D eigenvalue weighted by Crippen LogP contribution is -2.52. The summed E-state index contributed by atoms with van der Waals surface area (Å²) in [4.78, 5) is 69.9. The molecular formula is C45H45F2N11O7S. The van der Waals surface area contributed by atoms with Gasteiger partial charge in [0.2, 0.25) is 33.7 Å². The van der Waals surface area contributed by atoms with E-state index in [4.69, 9.17) is 4.74 Å². The van der Waals surface area contributed by atoms with Gasteiger partial charge in [0.05, 0.1) is 46.5 Å². The van der Waals surface area contributed by atoms with Crippen LogP contribution in [-0.4, -0.2) is 113 Å². The minimum Gasteiger partial charge on any atom is -0.453 e. The first-order valence-electron chi connectivity index (χ1n) is 21.7. The number of nitrogens with one attached hydrogen (secondary N) is 3. The van der Waals surface area contributed by atoms with E-state index in [1.807, 2.05) is 15.9 Å². The van der Waals surface area contributed by atoms with Gasteiger partial charge in [-0.15, -0.1) is 0 Å². The summed E-state index contributed by atoms with van der Waals surface area (Å²) in [5.41, 5.74) is 0.775. The topological polar surface area (TPSA) is 225 Å². The molecular weight excluding hydrogens is 877 g/mol. The third-order valence-electron chi connectivity index (χ3n) is 12.7. The molecule has 3 N–H and O–H groups in total. The fraction of sp³-hybridized carbons (Fsp3) is 0.378. The number of piperazine rings is 1. The van der Waals surface area contributed by atoms with Crippen molar-refractivity contribution in [3.8, 4) is 23.3 Å². The summed E-state index contributed by atoms with van der Waals surface area (Å²) in [7, 11) is -3.79. The largest absolute Gasteiger partial charge is 0.453 e. The quantitative estimate of drug-likeness (QED) is 0.150. The summed E-state index contributed by atoms with van der Waals surface area (Å²) in [6.07, 6.45) is 8.04. The van der Waals surface area contributed by atoms with Crippen LogP contribution in [0.1, 0.15) is 62.0 Å². The second kappa shape index (κ2) is 18.4. The number of nitrogens with zero attached hydrogens (tertiary/aromatic N) is 8. The standard InChI is InChI=1S/C45H45F2N11O7S/c46-35-7-9-38(54-66(63,64)31-2-1-3-31)34(22-48)42(35)65-30-5-8-37-33(21-30)44(62)58(26-51-37)29-23-49-45(50-24-29)57-18-16-56(17-19-57)41(60)25-55-14-12-27(13-15-55)32-6-4-28(20-36(32)47)52-39-10-11-40(59)53-43(39)61/h4-9,20-21,23-24,26-27,31,39,52,54H,1-3,10-19,25H2,(H,53,59,61)/t39-/m1/s1. The number of anilines is 3. The van der Waals surface area contributed by atoms with Gasteiger partial charge in [0.15, 0.2) is 11.6 Å². The first-order valence-corrected chi connectivity index (χ1v) is 23.3. The van der Waals surface area contributed by atoms with E-state index >= 15 is 8.78 Å². The maximum Gasteiger partial charge on any atom is 0.266 e. The van der Waals surface area contributed by atoms with E-state index < -0.39 is 44.3 Å². The number of amides is 3. The molecule has 9 rings (SSSR count). The predicted octanol–water partition coefficient (Wildman–Crippen LogP) is 4.16. The Kier molecular flexibility index (Phi) is 12.3. The van der Waals surface area contributed by atoms with Crippen molar-refractivity contribution in [3.63, 3.8) is 0 Å². The fourth-order valence-electron chi connectivity index (χ4n) is 8.67. The van der Waals surface area contributed by atoms with E-state index in [0.717, 1.165) is 12.5 Å². The smallest absolute Gasteiger partial charge is 0.266 e. The number of benzene rings is 3. The third-order valence-corrected chi connectivity index (χ3v) is 14.6. The van der Waals surface area contributed by atoms with E-state index in [-0.39, 0.29) is 58.9 Å². The van der Waals surface area contributed by atoms with Gasteiger partial charge in [-0.05, 0) is 99.1 Å². The number of sulfonamides is 1. The molecule has 342 valence electrons. The van der Waals surface area contributed by atoms with Gasteiger partial charge in [-0.2, -0.15) is 5.26 Å². The lowest BCUT2D eigenvalue weighted by Gasteiger charge is -2.37. The van der Waals surface area contributed by atoms with Crippen LogP contribution in [0, 0.1) is 23.0 Å². The van der Waals surface area contributed by atoms with Crippen LogP contribution in [0.5, 0.6) is 11.5 Å². The predicted molar refractivity (Wildman–Crippen MR) is 238 cm³/mol. The van der Waals surface area contributed by atoms with Crippen LogP contribution < -0.4 is 30.6 Å². The van der Waals surface area contributed by atoms with E-state index in [2.05, 4.69) is 35.2 Å². The number of piperidine rings is 2. The molecule has 0 radical (unpaired) electrons. The Morgan fingerprint density at radius 2 is 1.65 bits per heavy atom. The highest BCUT2D eigenvalue weighted by atomic mass is 32.2. The van der Waals surface area contributed by atoms with Crippen molar-refractivity contribution in [1.82, 2.24) is 34.6 Å². The van der Waals surface area contributed by atoms with Crippen LogP contribution >= 0.6 is 0 Å². The second-order valence-electron chi connectivity index (χ2n) is 16.9. The summed E-state index contributed by atoms with van der Waals surface area (Å²) in [6, 6.07) is 12.6. The minimum atomic E-state index is -3.79. The lowest BCUT2D eigenvalue weighted by molar-refractivity contribution is -0.134. The van der Waals surface area contributed by atoms with Gasteiger partial charge >= 0.3 is 0 Å². The number of rotatable bonds is 12. The normalized spacial score (nSPS) is 18.7. The fourth-order valence-corrected chi connectivity index (χ4v) is 10.3. The molecule has 1 aliphatic carbocycles. The van der Waals surface area contributed by atoms with E-state index in [1.54, 1.807) is 12.1 Å². The Labute approximate surface area is 377 Å². The third kappa shape index (κ3) is 9.23. The van der Waals surface area contributed by atoms with Crippen molar-refractivity contribution in [3.05, 3.63) is 100 Å². The molecule has 3 amide bonds. The highest BCUT2D eigenvalue weighted by Gasteiger charge is 2.33. The number of halogens is 2. The first kappa shape index (κ1) is 44.2. The van der Waals surface area contributed by atoms with Crippen molar-refractivity contribution in [2.45, 2.75) is 62.2 Å². The molecule has 0 unspecified atom stereocenters. The molecule has 66 heavy (non-hydrogen) atoms. The molecule has 3 aromatic carbocycles. The molecule has 21 heteroatoms. The monoisotopic (exact) mass is 921 g/mol. The minimum absolute atomic E-state index is 0.00317. The van der Waals surface area contributed by atoms with Gasteiger partial charge in [0.1, 0.15) is 35.6 Å². The maximum absolute atomic E-state index is 15.2. The Morgan fingerprint density at radius 3 is 2.33 bits per heavy atom. The molecule has 1 saturated carbocycles. The zero-order valence-electron chi connectivity index (χ0n) is 35.6. The van der Waals surface area contributed by atoms with Crippen LogP contribution in [-0.2, 0) is 24.4 Å². The van der Waals surface area contributed by atoms with Gasteiger partial charge in [0.25, 0.3) is 5.56 Å². The lowest BCUT2D eigenvalue weighted by atomic mass is 9.89. The van der Waals surface area contributed by atoms with Gasteiger partial charge < -0.3 is 19.9 Å². The Hall–Kier alpha value is -7.05. The number of nitriles is 1. The molecule has 18 nitrogen and oxygen atoms in total. The Balaban J connectivity index is 0.779. The number of ether oxygens (including phenoxy) is 1. The average Bonchev–Trinajstić information content (AvgIpc) is 3.28. The zero-order valence-corrected chi connectivity index (χ0v) is 36.4. The highest BCUT2D eigenvalue weighted by Crippen LogP contribution is 2.36. The van der Waals surface area contributed by atoms with Crippen LogP contribution in [0.2, 0.25) is 0 Å². The molecule has 0 bridgehead atoms. The average molecular weight is 922 g/mol. The molecule has 4 aliphatic rings. The number of aromatic nitrogens is 4. The summed E-state index contributed by atoms with van der Waals surface area (Å²) in [5, 5.41) is 14.8. The van der Waals surface area contributed by atoms with Gasteiger partial charge in [0, 0.05) is 38.3 Å². The molecule has 5 heterocycles. The van der Waals surface area contributed by atoms with Crippen molar-refractivity contribution in [2.75, 3.05) is 60.8 Å². The molecule has 3 aliphatic heterocycles. The summed E-state index contributed by atoms with van der Waals surface area (Å²) >= 11 is 0. The second-order valence-corrected chi connectivity index (χ2v) is 18.8. The van der Waals surface area contributed by atoms with Gasteiger partial charge in [-0.1, -0.05) is 12.5 Å². The Bertz CT molecular complexity index is 2930. The van der Waals surface area contributed by atoms with Crippen molar-refractivity contribution in [2.24, 2.45) is 0 Å². The van der Waals surface area contributed by atoms with Crippen LogP contribution in [0.15, 0.2) is 72.0 Å². The molecule has 2 aromatic heterocycles. The maximum atomic E-state index is 15.2. The van der Waals surface area contributed by atoms with Crippen LogP contribution in [0.4, 0.5) is 26.1 Å². The van der Waals surface area contributed by atoms with Gasteiger partial charge in [-0.3, -0.25) is 38.7 Å². The van der Waals surface area contributed by atoms with E-state index in [0.29, 0.717) is 99.8 Å². The number of hydrogen-bond acceptors (Lipinski definition) is 14. The highest BCUT2D eigenvalue weighted by molar-refractivity contribution is 7.93. The zero-order chi connectivity index (χ0) is 46.1. The first-order chi connectivity index (χ1) is 31.8. The number of fused-ring (bicyclic) bond motifs is 1. The number of hydrogen-bond donors (Lipinski definition) is 3. The number of carbonyl (C=O) groups excluding carboxylic acids is 3. The van der Waals surface area contributed by atoms with Crippen LogP contribution in [0.25, 0.3) is 16.6 Å².